The first-order chi connectivity index (χ1) is 7.72. The van der Waals surface area contributed by atoms with E-state index in [1.165, 1.54) is 0 Å². The molecule has 2 unspecified atom stereocenters. The number of aliphatic hydroxyl groups is 3. The fourth-order valence-electron chi connectivity index (χ4n) is 1.90. The maximum Gasteiger partial charge on any atom is 0.122 e. The van der Waals surface area contributed by atoms with Crippen molar-refractivity contribution in [3.63, 3.8) is 0 Å². The molecule has 0 aliphatic carbocycles. The topological polar surface area (TPSA) is 69.9 Å². The van der Waals surface area contributed by atoms with Crippen molar-refractivity contribution in [1.29, 1.82) is 0 Å². The summed E-state index contributed by atoms with van der Waals surface area (Å²) in [7, 11) is 0. The smallest absolute Gasteiger partial charge is 0.122 e. The molecule has 0 amide bonds. The fourth-order valence-corrected chi connectivity index (χ4v) is 1.90. The highest BCUT2D eigenvalue weighted by Crippen LogP contribution is 2.29. The van der Waals surface area contributed by atoms with Crippen molar-refractivity contribution < 1.29 is 20.1 Å². The van der Waals surface area contributed by atoms with E-state index in [-0.39, 0.29) is 13.0 Å². The van der Waals surface area contributed by atoms with Crippen LogP contribution in [0.2, 0.25) is 0 Å². The lowest BCUT2D eigenvalue weighted by Gasteiger charge is -2.17. The summed E-state index contributed by atoms with van der Waals surface area (Å²) in [6.07, 6.45) is -0.857. The van der Waals surface area contributed by atoms with E-state index in [1.54, 1.807) is 6.07 Å². The molecule has 0 aromatic heterocycles. The van der Waals surface area contributed by atoms with Gasteiger partial charge in [-0.05, 0) is 29.7 Å². The molecule has 4 heteroatoms. The van der Waals surface area contributed by atoms with Crippen LogP contribution in [0.1, 0.15) is 23.7 Å². The Balaban J connectivity index is 2.14. The molecule has 2 atom stereocenters. The Hall–Kier alpha value is -1.10. The van der Waals surface area contributed by atoms with Gasteiger partial charge in [-0.1, -0.05) is 6.07 Å². The molecule has 0 saturated carbocycles. The molecule has 1 aliphatic heterocycles. The molecule has 1 aromatic rings. The monoisotopic (exact) mass is 224 g/mol. The maximum atomic E-state index is 9.85. The summed E-state index contributed by atoms with van der Waals surface area (Å²) in [4.78, 5) is 0. The van der Waals surface area contributed by atoms with Gasteiger partial charge in [0.25, 0.3) is 0 Å². The highest BCUT2D eigenvalue weighted by atomic mass is 16.5. The maximum absolute atomic E-state index is 9.85. The third-order valence-corrected chi connectivity index (χ3v) is 2.84. The van der Waals surface area contributed by atoms with Gasteiger partial charge >= 0.3 is 0 Å². The number of benzene rings is 1. The summed E-state index contributed by atoms with van der Waals surface area (Å²) in [5, 5.41) is 28.1. The molecule has 1 aliphatic rings. The Bertz CT molecular complexity index is 364. The van der Waals surface area contributed by atoms with Gasteiger partial charge in [0.2, 0.25) is 0 Å². The first-order valence-electron chi connectivity index (χ1n) is 5.45. The Morgan fingerprint density at radius 3 is 2.88 bits per heavy atom. The minimum absolute atomic E-state index is 0.133. The summed E-state index contributed by atoms with van der Waals surface area (Å²) < 4.78 is 5.36. The fraction of sp³-hybridized carbons (Fsp3) is 0.500. The van der Waals surface area contributed by atoms with E-state index in [9.17, 15) is 10.2 Å². The molecular weight excluding hydrogens is 208 g/mol. The van der Waals surface area contributed by atoms with E-state index < -0.39 is 12.2 Å². The Labute approximate surface area is 94.1 Å². The standard InChI is InChI=1S/C12H16O4/c13-5-3-10(14)12(15)9-1-2-11-8(7-9)4-6-16-11/h1-2,7,10,12-15H,3-6H2. The quantitative estimate of drug-likeness (QED) is 0.692. The van der Waals surface area contributed by atoms with Crippen LogP contribution in [0, 0.1) is 0 Å². The second kappa shape index (κ2) is 4.82. The Kier molecular flexibility index (Phi) is 3.43. The average Bonchev–Trinajstić information content (AvgIpc) is 2.75. The van der Waals surface area contributed by atoms with Gasteiger partial charge in [0.05, 0.1) is 12.7 Å². The predicted octanol–water partition coefficient (Wildman–Crippen LogP) is 0.398. The van der Waals surface area contributed by atoms with Gasteiger partial charge in [0, 0.05) is 13.0 Å². The summed E-state index contributed by atoms with van der Waals surface area (Å²) in [5.74, 6) is 0.854. The molecule has 1 aromatic carbocycles. The number of ether oxygens (including phenoxy) is 1. The lowest BCUT2D eigenvalue weighted by Crippen LogP contribution is -2.19. The van der Waals surface area contributed by atoms with Crippen LogP contribution in [-0.2, 0) is 6.42 Å². The van der Waals surface area contributed by atoms with Crippen molar-refractivity contribution in [2.75, 3.05) is 13.2 Å². The number of hydrogen-bond acceptors (Lipinski definition) is 4. The molecule has 4 nitrogen and oxygen atoms in total. The second-order valence-corrected chi connectivity index (χ2v) is 3.99. The van der Waals surface area contributed by atoms with Gasteiger partial charge in [-0.2, -0.15) is 0 Å². The molecule has 0 saturated heterocycles. The number of aliphatic hydroxyl groups excluding tert-OH is 3. The molecule has 3 N–H and O–H groups in total. The van der Waals surface area contributed by atoms with Gasteiger partial charge in [-0.25, -0.2) is 0 Å². The highest BCUT2D eigenvalue weighted by Gasteiger charge is 2.20. The molecule has 0 bridgehead atoms. The summed E-state index contributed by atoms with van der Waals surface area (Å²) in [6.45, 7) is 0.542. The molecule has 1 heterocycles. The Morgan fingerprint density at radius 2 is 2.12 bits per heavy atom. The van der Waals surface area contributed by atoms with Crippen molar-refractivity contribution in [1.82, 2.24) is 0 Å². The van der Waals surface area contributed by atoms with Crippen LogP contribution >= 0.6 is 0 Å². The predicted molar refractivity (Wildman–Crippen MR) is 58.3 cm³/mol. The summed E-state index contributed by atoms with van der Waals surface area (Å²) >= 11 is 0. The van der Waals surface area contributed by atoms with Crippen molar-refractivity contribution in [2.24, 2.45) is 0 Å². The van der Waals surface area contributed by atoms with Gasteiger partial charge in [-0.15, -0.1) is 0 Å². The minimum atomic E-state index is -0.946. The minimum Gasteiger partial charge on any atom is -0.493 e. The number of rotatable bonds is 4. The van der Waals surface area contributed by atoms with Crippen molar-refractivity contribution in [3.8, 4) is 5.75 Å². The van der Waals surface area contributed by atoms with E-state index in [2.05, 4.69) is 0 Å². The van der Waals surface area contributed by atoms with Crippen molar-refractivity contribution >= 4 is 0 Å². The van der Waals surface area contributed by atoms with Crippen LogP contribution in [0.4, 0.5) is 0 Å². The lowest BCUT2D eigenvalue weighted by molar-refractivity contribution is 0.00418. The van der Waals surface area contributed by atoms with Crippen molar-refractivity contribution in [3.05, 3.63) is 29.3 Å². The van der Waals surface area contributed by atoms with E-state index >= 15 is 0 Å². The molecule has 0 spiro atoms. The molecular formula is C12H16O4. The van der Waals surface area contributed by atoms with E-state index in [0.717, 1.165) is 17.7 Å². The summed E-state index contributed by atoms with van der Waals surface area (Å²) in [6, 6.07) is 5.41. The number of fused-ring (bicyclic) bond motifs is 1. The van der Waals surface area contributed by atoms with Crippen LogP contribution in [-0.4, -0.2) is 34.6 Å². The average molecular weight is 224 g/mol. The molecule has 0 fully saturated rings. The normalized spacial score (nSPS) is 17.7. The van der Waals surface area contributed by atoms with Crippen LogP contribution in [0.3, 0.4) is 0 Å². The SMILES string of the molecule is OCCC(O)C(O)c1ccc2c(c1)CCO2. The van der Waals surface area contributed by atoms with Gasteiger partial charge in [0.15, 0.2) is 0 Å². The zero-order valence-electron chi connectivity index (χ0n) is 8.97. The van der Waals surface area contributed by atoms with Crippen LogP contribution in [0.5, 0.6) is 5.75 Å². The molecule has 88 valence electrons. The first-order valence-corrected chi connectivity index (χ1v) is 5.45. The van der Waals surface area contributed by atoms with Crippen LogP contribution in [0.25, 0.3) is 0 Å². The zero-order chi connectivity index (χ0) is 11.5. The molecule has 2 rings (SSSR count). The van der Waals surface area contributed by atoms with Gasteiger partial charge in [-0.3, -0.25) is 0 Å². The first kappa shape index (κ1) is 11.4. The van der Waals surface area contributed by atoms with Crippen LogP contribution < -0.4 is 4.74 Å². The van der Waals surface area contributed by atoms with E-state index in [4.69, 9.17) is 9.84 Å². The summed E-state index contributed by atoms with van der Waals surface area (Å²) in [5.41, 5.74) is 1.73. The largest absolute Gasteiger partial charge is 0.493 e. The Morgan fingerprint density at radius 1 is 1.31 bits per heavy atom. The van der Waals surface area contributed by atoms with E-state index in [1.807, 2.05) is 12.1 Å². The number of hydrogen-bond donors (Lipinski definition) is 3. The van der Waals surface area contributed by atoms with Gasteiger partial charge < -0.3 is 20.1 Å². The van der Waals surface area contributed by atoms with E-state index in [0.29, 0.717) is 12.2 Å². The third-order valence-electron chi connectivity index (χ3n) is 2.84. The zero-order valence-corrected chi connectivity index (χ0v) is 8.97. The second-order valence-electron chi connectivity index (χ2n) is 3.99. The highest BCUT2D eigenvalue weighted by molar-refractivity contribution is 5.40. The lowest BCUT2D eigenvalue weighted by atomic mass is 9.99. The van der Waals surface area contributed by atoms with Crippen molar-refractivity contribution in [2.45, 2.75) is 25.0 Å². The van der Waals surface area contributed by atoms with Crippen LogP contribution in [0.15, 0.2) is 18.2 Å². The molecule has 16 heavy (non-hydrogen) atoms. The molecule has 0 radical (unpaired) electrons. The van der Waals surface area contributed by atoms with Gasteiger partial charge in [0.1, 0.15) is 11.9 Å². The third kappa shape index (κ3) is 2.19.